The maximum absolute atomic E-state index is 12.1. The molecule has 1 fully saturated rings. The summed E-state index contributed by atoms with van der Waals surface area (Å²) >= 11 is 3.04. The van der Waals surface area contributed by atoms with Crippen LogP contribution >= 0.6 is 22.7 Å². The van der Waals surface area contributed by atoms with Crippen LogP contribution in [-0.4, -0.2) is 35.0 Å². The third-order valence-electron chi connectivity index (χ3n) is 4.46. The Hall–Kier alpha value is -2.26. The molecule has 3 amide bonds. The van der Waals surface area contributed by atoms with Gasteiger partial charge in [0, 0.05) is 11.4 Å². The molecule has 1 aliphatic carbocycles. The van der Waals surface area contributed by atoms with E-state index in [1.54, 1.807) is 16.7 Å². The highest BCUT2D eigenvalue weighted by atomic mass is 32.1. The fourth-order valence-corrected chi connectivity index (χ4v) is 4.66. The van der Waals surface area contributed by atoms with Gasteiger partial charge in [-0.25, -0.2) is 9.78 Å². The SMILES string of the molecule is C[C@@H](OC(=O)Cc1csc(-c2cccs2)n1)C(=O)NC(=O)NC1CCCCC1. The van der Waals surface area contributed by atoms with Crippen molar-refractivity contribution in [3.63, 3.8) is 0 Å². The van der Waals surface area contributed by atoms with Crippen LogP contribution in [0.3, 0.4) is 0 Å². The number of imide groups is 1. The van der Waals surface area contributed by atoms with Crippen molar-refractivity contribution < 1.29 is 19.1 Å². The van der Waals surface area contributed by atoms with Gasteiger partial charge in [-0.3, -0.25) is 14.9 Å². The summed E-state index contributed by atoms with van der Waals surface area (Å²) in [5.41, 5.74) is 0.598. The van der Waals surface area contributed by atoms with Crippen LogP contribution in [0.4, 0.5) is 4.79 Å². The summed E-state index contributed by atoms with van der Waals surface area (Å²) in [4.78, 5) is 41.6. The maximum Gasteiger partial charge on any atom is 0.321 e. The largest absolute Gasteiger partial charge is 0.452 e. The predicted molar refractivity (Wildman–Crippen MR) is 108 cm³/mol. The zero-order valence-electron chi connectivity index (χ0n) is 15.6. The van der Waals surface area contributed by atoms with Gasteiger partial charge < -0.3 is 10.1 Å². The molecule has 0 saturated heterocycles. The molecule has 150 valence electrons. The summed E-state index contributed by atoms with van der Waals surface area (Å²) in [6.07, 6.45) is 4.11. The molecule has 0 bridgehead atoms. The van der Waals surface area contributed by atoms with E-state index in [-0.39, 0.29) is 12.5 Å². The molecule has 0 aliphatic heterocycles. The normalized spacial score (nSPS) is 15.6. The zero-order chi connectivity index (χ0) is 19.9. The number of hydrogen-bond donors (Lipinski definition) is 2. The number of thiophene rings is 1. The highest BCUT2D eigenvalue weighted by Gasteiger charge is 2.22. The maximum atomic E-state index is 12.1. The number of ether oxygens (including phenoxy) is 1. The molecule has 2 heterocycles. The molecular formula is C19H23N3O4S2. The molecule has 28 heavy (non-hydrogen) atoms. The van der Waals surface area contributed by atoms with Gasteiger partial charge in [0.25, 0.3) is 5.91 Å². The Balaban J connectivity index is 1.43. The van der Waals surface area contributed by atoms with E-state index in [1.807, 2.05) is 17.5 Å². The molecule has 1 atom stereocenters. The first kappa shape index (κ1) is 20.5. The first-order valence-corrected chi connectivity index (χ1v) is 11.1. The molecule has 1 saturated carbocycles. The van der Waals surface area contributed by atoms with Crippen LogP contribution in [0.2, 0.25) is 0 Å². The lowest BCUT2D eigenvalue weighted by Gasteiger charge is -2.23. The number of carbonyl (C=O) groups is 3. The van der Waals surface area contributed by atoms with Gasteiger partial charge in [0.15, 0.2) is 6.10 Å². The fraction of sp³-hybridized carbons (Fsp3) is 0.474. The van der Waals surface area contributed by atoms with E-state index in [1.165, 1.54) is 24.7 Å². The number of rotatable bonds is 6. The molecule has 1 aliphatic rings. The number of amides is 3. The van der Waals surface area contributed by atoms with Crippen molar-refractivity contribution >= 4 is 40.6 Å². The number of nitrogens with zero attached hydrogens (tertiary/aromatic N) is 1. The van der Waals surface area contributed by atoms with Crippen LogP contribution in [-0.2, 0) is 20.7 Å². The molecule has 2 N–H and O–H groups in total. The number of urea groups is 1. The van der Waals surface area contributed by atoms with E-state index in [0.29, 0.717) is 5.69 Å². The van der Waals surface area contributed by atoms with Crippen molar-refractivity contribution in [2.24, 2.45) is 0 Å². The summed E-state index contributed by atoms with van der Waals surface area (Å²) in [5.74, 6) is -1.20. The molecule has 7 nitrogen and oxygen atoms in total. The van der Waals surface area contributed by atoms with Gasteiger partial charge in [0.05, 0.1) is 17.0 Å². The van der Waals surface area contributed by atoms with Crippen LogP contribution < -0.4 is 10.6 Å². The van der Waals surface area contributed by atoms with E-state index < -0.39 is 24.0 Å². The van der Waals surface area contributed by atoms with E-state index in [9.17, 15) is 14.4 Å². The second kappa shape index (κ2) is 9.79. The van der Waals surface area contributed by atoms with Crippen LogP contribution in [0.25, 0.3) is 9.88 Å². The number of thiazole rings is 1. The fourth-order valence-electron chi connectivity index (χ4n) is 3.02. The summed E-state index contributed by atoms with van der Waals surface area (Å²) in [6.45, 7) is 1.44. The average Bonchev–Trinajstić information content (AvgIpc) is 3.33. The van der Waals surface area contributed by atoms with Gasteiger partial charge in [-0.2, -0.15) is 0 Å². The Bertz CT molecular complexity index is 813. The second-order valence-electron chi connectivity index (χ2n) is 6.73. The molecular weight excluding hydrogens is 398 g/mol. The molecule has 2 aromatic rings. The van der Waals surface area contributed by atoms with Gasteiger partial charge in [-0.1, -0.05) is 25.3 Å². The van der Waals surface area contributed by atoms with Gasteiger partial charge in [0.1, 0.15) is 5.01 Å². The summed E-state index contributed by atoms with van der Waals surface area (Å²) in [5, 5.41) is 9.66. The number of aromatic nitrogens is 1. The average molecular weight is 422 g/mol. The quantitative estimate of drug-likeness (QED) is 0.696. The molecule has 0 radical (unpaired) electrons. The number of carbonyl (C=O) groups excluding carboxylic acids is 3. The molecule has 2 aromatic heterocycles. The topological polar surface area (TPSA) is 97.4 Å². The molecule has 9 heteroatoms. The first-order chi connectivity index (χ1) is 13.5. The third-order valence-corrected chi connectivity index (χ3v) is 6.39. The number of hydrogen-bond acceptors (Lipinski definition) is 7. The standard InChI is InChI=1S/C19H23N3O4S2/c1-12(17(24)22-19(25)21-13-6-3-2-4-7-13)26-16(23)10-14-11-28-18(20-14)15-8-5-9-27-15/h5,8-9,11-13H,2-4,6-7,10H2,1H3,(H2,21,22,24,25)/t12-/m1/s1. The minimum Gasteiger partial charge on any atom is -0.452 e. The van der Waals surface area contributed by atoms with Crippen molar-refractivity contribution in [3.8, 4) is 9.88 Å². The highest BCUT2D eigenvalue weighted by molar-refractivity contribution is 7.20. The lowest BCUT2D eigenvalue weighted by molar-refractivity contribution is -0.153. The summed E-state index contributed by atoms with van der Waals surface area (Å²) in [7, 11) is 0. The zero-order valence-corrected chi connectivity index (χ0v) is 17.2. The Morgan fingerprint density at radius 1 is 1.25 bits per heavy atom. The Labute approximate surface area is 171 Å². The van der Waals surface area contributed by atoms with Crippen molar-refractivity contribution in [1.82, 2.24) is 15.6 Å². The minimum atomic E-state index is -1.06. The van der Waals surface area contributed by atoms with E-state index in [2.05, 4.69) is 15.6 Å². The monoisotopic (exact) mass is 421 g/mol. The molecule has 3 rings (SSSR count). The summed E-state index contributed by atoms with van der Waals surface area (Å²) in [6, 6.07) is 3.47. The number of nitrogens with one attached hydrogen (secondary N) is 2. The Morgan fingerprint density at radius 2 is 2.04 bits per heavy atom. The van der Waals surface area contributed by atoms with Crippen LogP contribution in [0.15, 0.2) is 22.9 Å². The van der Waals surface area contributed by atoms with Gasteiger partial charge in [-0.05, 0) is 31.2 Å². The lowest BCUT2D eigenvalue weighted by atomic mass is 9.96. The summed E-state index contributed by atoms with van der Waals surface area (Å²) < 4.78 is 5.14. The molecule has 0 unspecified atom stereocenters. The van der Waals surface area contributed by atoms with Crippen molar-refractivity contribution in [3.05, 3.63) is 28.6 Å². The van der Waals surface area contributed by atoms with Crippen LogP contribution in [0.5, 0.6) is 0 Å². The first-order valence-electron chi connectivity index (χ1n) is 9.30. The van der Waals surface area contributed by atoms with E-state index in [0.717, 1.165) is 35.6 Å². The van der Waals surface area contributed by atoms with Crippen molar-refractivity contribution in [2.45, 2.75) is 57.6 Å². The van der Waals surface area contributed by atoms with Crippen molar-refractivity contribution in [2.75, 3.05) is 0 Å². The third kappa shape index (κ3) is 5.87. The van der Waals surface area contributed by atoms with E-state index in [4.69, 9.17) is 4.74 Å². The smallest absolute Gasteiger partial charge is 0.321 e. The van der Waals surface area contributed by atoms with Crippen LogP contribution in [0.1, 0.15) is 44.7 Å². The van der Waals surface area contributed by atoms with Crippen LogP contribution in [0, 0.1) is 0 Å². The van der Waals surface area contributed by atoms with Crippen molar-refractivity contribution in [1.29, 1.82) is 0 Å². The Kier molecular flexibility index (Phi) is 7.16. The predicted octanol–water partition coefficient (Wildman–Crippen LogP) is 3.50. The van der Waals surface area contributed by atoms with E-state index >= 15 is 0 Å². The highest BCUT2D eigenvalue weighted by Crippen LogP contribution is 2.28. The second-order valence-corrected chi connectivity index (χ2v) is 8.53. The van der Waals surface area contributed by atoms with Gasteiger partial charge in [-0.15, -0.1) is 22.7 Å². The molecule has 0 spiro atoms. The number of esters is 1. The molecule has 0 aromatic carbocycles. The Morgan fingerprint density at radius 3 is 2.75 bits per heavy atom. The minimum absolute atomic E-state index is 0.0201. The van der Waals surface area contributed by atoms with Gasteiger partial charge >= 0.3 is 12.0 Å². The lowest BCUT2D eigenvalue weighted by Crippen LogP contribution is -2.48. The van der Waals surface area contributed by atoms with Gasteiger partial charge in [0.2, 0.25) is 0 Å².